The van der Waals surface area contributed by atoms with Crippen LogP contribution < -0.4 is 11.1 Å². The lowest BCUT2D eigenvalue weighted by Gasteiger charge is -2.08. The summed E-state index contributed by atoms with van der Waals surface area (Å²) >= 11 is 4.52. The summed E-state index contributed by atoms with van der Waals surface area (Å²) in [6.07, 6.45) is 0. The van der Waals surface area contributed by atoms with E-state index in [2.05, 4.69) is 21.2 Å². The Kier molecular flexibility index (Phi) is 3.86. The number of carbonyl (C=O) groups excluding carboxylic acids is 1. The van der Waals surface area contributed by atoms with Gasteiger partial charge < -0.3 is 11.1 Å². The number of rotatable bonds is 2. The van der Waals surface area contributed by atoms with Gasteiger partial charge in [0.25, 0.3) is 5.91 Å². The Hall–Kier alpha value is -1.47. The van der Waals surface area contributed by atoms with Crippen molar-refractivity contribution in [1.82, 2.24) is 0 Å². The number of hydrogen-bond acceptors (Lipinski definition) is 3. The van der Waals surface area contributed by atoms with Crippen LogP contribution >= 0.6 is 27.3 Å². The van der Waals surface area contributed by atoms with Gasteiger partial charge in [-0.15, -0.1) is 11.3 Å². The molecule has 0 unspecified atom stereocenters. The lowest BCUT2D eigenvalue weighted by atomic mass is 10.2. The van der Waals surface area contributed by atoms with Crippen molar-refractivity contribution in [3.8, 4) is 0 Å². The Labute approximate surface area is 120 Å². The number of anilines is 2. The quantitative estimate of drug-likeness (QED) is 0.809. The van der Waals surface area contributed by atoms with Crippen molar-refractivity contribution >= 4 is 44.5 Å². The number of carbonyl (C=O) groups is 1. The number of amides is 1. The zero-order chi connectivity index (χ0) is 14.2. The highest BCUT2D eigenvalue weighted by Gasteiger charge is 2.16. The van der Waals surface area contributed by atoms with E-state index in [4.69, 9.17) is 5.73 Å². The zero-order valence-electron chi connectivity index (χ0n) is 9.76. The van der Waals surface area contributed by atoms with Gasteiger partial charge in [-0.3, -0.25) is 4.79 Å². The molecule has 1 aromatic carbocycles. The monoisotopic (exact) mass is 346 g/mol. The van der Waals surface area contributed by atoms with E-state index in [1.54, 1.807) is 6.07 Å². The van der Waals surface area contributed by atoms with Crippen LogP contribution in [0.5, 0.6) is 0 Å². The first-order valence-electron chi connectivity index (χ1n) is 5.20. The fourth-order valence-corrected chi connectivity index (χ4v) is 2.90. The lowest BCUT2D eigenvalue weighted by Crippen LogP contribution is -2.13. The Balaban J connectivity index is 2.29. The van der Waals surface area contributed by atoms with Crippen LogP contribution in [0.4, 0.5) is 20.2 Å². The second kappa shape index (κ2) is 5.26. The van der Waals surface area contributed by atoms with Gasteiger partial charge >= 0.3 is 0 Å². The Bertz CT molecular complexity index is 615. The van der Waals surface area contributed by atoms with Crippen LogP contribution in [0.15, 0.2) is 22.0 Å². The minimum absolute atomic E-state index is 0.154. The molecule has 0 atom stereocenters. The summed E-state index contributed by atoms with van der Waals surface area (Å²) < 4.78 is 27.2. The highest BCUT2D eigenvalue weighted by atomic mass is 79.9. The molecule has 0 aliphatic rings. The number of nitrogens with two attached hydrogens (primary N) is 1. The second-order valence-electron chi connectivity index (χ2n) is 3.87. The molecule has 1 amide bonds. The molecule has 0 saturated carbocycles. The van der Waals surface area contributed by atoms with Crippen LogP contribution in [0.1, 0.15) is 15.2 Å². The van der Waals surface area contributed by atoms with Gasteiger partial charge in [0, 0.05) is 6.07 Å². The molecule has 7 heteroatoms. The Morgan fingerprint density at radius 2 is 2.05 bits per heavy atom. The topological polar surface area (TPSA) is 55.1 Å². The normalized spacial score (nSPS) is 10.5. The predicted octanol–water partition coefficient (Wildman–Crippen LogP) is 3.93. The van der Waals surface area contributed by atoms with Gasteiger partial charge in [0.2, 0.25) is 0 Å². The lowest BCUT2D eigenvalue weighted by molar-refractivity contribution is 0.103. The molecule has 100 valence electrons. The fraction of sp³-hybridized carbons (Fsp3) is 0.0833. The second-order valence-corrected chi connectivity index (χ2v) is 6.24. The first-order chi connectivity index (χ1) is 8.88. The predicted molar refractivity (Wildman–Crippen MR) is 75.5 cm³/mol. The van der Waals surface area contributed by atoms with Gasteiger partial charge in [0.15, 0.2) is 5.82 Å². The van der Waals surface area contributed by atoms with E-state index >= 15 is 0 Å². The summed E-state index contributed by atoms with van der Waals surface area (Å²) in [7, 11) is 0. The highest BCUT2D eigenvalue weighted by Crippen LogP contribution is 2.29. The van der Waals surface area contributed by atoms with E-state index in [9.17, 15) is 13.6 Å². The zero-order valence-corrected chi connectivity index (χ0v) is 12.2. The van der Waals surface area contributed by atoms with Crippen LogP contribution in [0.25, 0.3) is 0 Å². The third-order valence-corrected chi connectivity index (χ3v) is 4.54. The molecule has 0 bridgehead atoms. The number of aryl methyl sites for hydroxylation is 1. The van der Waals surface area contributed by atoms with Crippen LogP contribution in [-0.4, -0.2) is 5.91 Å². The van der Waals surface area contributed by atoms with E-state index in [1.165, 1.54) is 11.3 Å². The van der Waals surface area contributed by atoms with Crippen molar-refractivity contribution in [2.24, 2.45) is 0 Å². The van der Waals surface area contributed by atoms with Gasteiger partial charge in [-0.2, -0.15) is 0 Å². The molecule has 3 nitrogen and oxygen atoms in total. The molecule has 2 rings (SSSR count). The maximum atomic E-state index is 13.5. The summed E-state index contributed by atoms with van der Waals surface area (Å²) in [6, 6.07) is 3.29. The van der Waals surface area contributed by atoms with Crippen molar-refractivity contribution < 1.29 is 13.6 Å². The molecular weight excluding hydrogens is 338 g/mol. The number of thiophene rings is 1. The molecule has 2 aromatic rings. The van der Waals surface area contributed by atoms with Crippen molar-refractivity contribution in [2.75, 3.05) is 11.1 Å². The molecule has 1 aromatic heterocycles. The maximum absolute atomic E-state index is 13.5. The average molecular weight is 347 g/mol. The van der Waals surface area contributed by atoms with Crippen LogP contribution in [0.3, 0.4) is 0 Å². The van der Waals surface area contributed by atoms with E-state index in [-0.39, 0.29) is 11.4 Å². The summed E-state index contributed by atoms with van der Waals surface area (Å²) in [6.45, 7) is 1.84. The molecule has 3 N–H and O–H groups in total. The SMILES string of the molecule is Cc1cc(C(=O)Nc2c(N)cc(F)cc2F)sc1Br. The van der Waals surface area contributed by atoms with E-state index in [1.807, 2.05) is 6.92 Å². The maximum Gasteiger partial charge on any atom is 0.265 e. The standard InChI is InChI=1S/C12H9BrF2N2OS/c1-5-2-9(19-11(5)13)12(18)17-10-7(15)3-6(14)4-8(10)16/h2-4H,16H2,1H3,(H,17,18). The van der Waals surface area contributed by atoms with E-state index in [0.29, 0.717) is 10.9 Å². The third kappa shape index (κ3) is 2.93. The Morgan fingerprint density at radius 1 is 1.37 bits per heavy atom. The molecular formula is C12H9BrF2N2OS. The largest absolute Gasteiger partial charge is 0.397 e. The van der Waals surface area contributed by atoms with Gasteiger partial charge in [0.1, 0.15) is 11.5 Å². The average Bonchev–Trinajstić information content (AvgIpc) is 2.64. The van der Waals surface area contributed by atoms with Gasteiger partial charge in [-0.1, -0.05) is 0 Å². The molecule has 19 heavy (non-hydrogen) atoms. The summed E-state index contributed by atoms with van der Waals surface area (Å²) in [5.41, 5.74) is 6.02. The van der Waals surface area contributed by atoms with Gasteiger partial charge in [0.05, 0.1) is 14.4 Å². The minimum atomic E-state index is -0.904. The first-order valence-corrected chi connectivity index (χ1v) is 6.81. The Morgan fingerprint density at radius 3 is 2.58 bits per heavy atom. The van der Waals surface area contributed by atoms with Crippen LogP contribution in [0, 0.1) is 18.6 Å². The summed E-state index contributed by atoms with van der Waals surface area (Å²) in [4.78, 5) is 12.3. The molecule has 0 spiro atoms. The number of nitrogen functional groups attached to an aromatic ring is 1. The van der Waals surface area contributed by atoms with E-state index in [0.717, 1.165) is 15.4 Å². The molecule has 1 heterocycles. The van der Waals surface area contributed by atoms with Crippen molar-refractivity contribution in [3.63, 3.8) is 0 Å². The minimum Gasteiger partial charge on any atom is -0.397 e. The number of halogens is 3. The molecule has 0 fully saturated rings. The third-order valence-electron chi connectivity index (χ3n) is 2.41. The first kappa shape index (κ1) is 14.0. The molecule has 0 aliphatic carbocycles. The van der Waals surface area contributed by atoms with Crippen molar-refractivity contribution in [3.05, 3.63) is 44.1 Å². The summed E-state index contributed by atoms with van der Waals surface area (Å²) in [5, 5.41) is 2.35. The highest BCUT2D eigenvalue weighted by molar-refractivity contribution is 9.11. The smallest absolute Gasteiger partial charge is 0.265 e. The molecule has 0 aliphatic heterocycles. The van der Waals surface area contributed by atoms with Crippen molar-refractivity contribution in [2.45, 2.75) is 6.92 Å². The number of nitrogens with one attached hydrogen (secondary N) is 1. The molecule has 0 saturated heterocycles. The van der Waals surface area contributed by atoms with Crippen LogP contribution in [0.2, 0.25) is 0 Å². The summed E-state index contributed by atoms with van der Waals surface area (Å²) in [5.74, 6) is -2.18. The van der Waals surface area contributed by atoms with Crippen LogP contribution in [-0.2, 0) is 0 Å². The number of benzene rings is 1. The van der Waals surface area contributed by atoms with Gasteiger partial charge in [-0.05, 0) is 40.5 Å². The number of hydrogen-bond donors (Lipinski definition) is 2. The van der Waals surface area contributed by atoms with Gasteiger partial charge in [-0.25, -0.2) is 8.78 Å². The molecule has 0 radical (unpaired) electrons. The fourth-order valence-electron chi connectivity index (χ4n) is 1.47. The van der Waals surface area contributed by atoms with Crippen molar-refractivity contribution in [1.29, 1.82) is 0 Å². The van der Waals surface area contributed by atoms with E-state index < -0.39 is 17.5 Å².